The molecule has 1 rings (SSSR count). The third-order valence-electron chi connectivity index (χ3n) is 2.96. The van der Waals surface area contributed by atoms with Crippen LogP contribution in [0.5, 0.6) is 0 Å². The fourth-order valence-electron chi connectivity index (χ4n) is 1.78. The molecule has 1 nitrogen and oxygen atoms in total. The van der Waals surface area contributed by atoms with Crippen LogP contribution in [0.4, 0.5) is 0 Å². The zero-order valence-electron chi connectivity index (χ0n) is 11.6. The van der Waals surface area contributed by atoms with Crippen LogP contribution in [0.15, 0.2) is 47.9 Å². The Bertz CT molecular complexity index is 345. The molecule has 1 heterocycles. The van der Waals surface area contributed by atoms with Crippen LogP contribution in [0.3, 0.4) is 0 Å². The van der Waals surface area contributed by atoms with E-state index in [2.05, 4.69) is 69.3 Å². The highest BCUT2D eigenvalue weighted by Crippen LogP contribution is 2.17. The van der Waals surface area contributed by atoms with Crippen LogP contribution in [0.25, 0.3) is 0 Å². The van der Waals surface area contributed by atoms with Gasteiger partial charge in [-0.1, -0.05) is 38.5 Å². The first-order valence-electron chi connectivity index (χ1n) is 6.59. The molecular formula is C16H25N. The van der Waals surface area contributed by atoms with Crippen LogP contribution < -0.4 is 0 Å². The monoisotopic (exact) mass is 231 g/mol. The largest absolute Gasteiger partial charge is 0.351 e. The molecule has 0 radical (unpaired) electrons. The van der Waals surface area contributed by atoms with Crippen molar-refractivity contribution in [3.8, 4) is 0 Å². The molecule has 0 amide bonds. The molecule has 0 saturated heterocycles. The van der Waals surface area contributed by atoms with Gasteiger partial charge < -0.3 is 4.90 Å². The minimum absolute atomic E-state index is 0.627. The maximum Gasteiger partial charge on any atom is 0.0365 e. The Balaban J connectivity index is 2.50. The molecule has 0 aliphatic carbocycles. The van der Waals surface area contributed by atoms with Gasteiger partial charge in [0.1, 0.15) is 0 Å². The van der Waals surface area contributed by atoms with Crippen LogP contribution in [0.2, 0.25) is 0 Å². The highest BCUT2D eigenvalue weighted by molar-refractivity contribution is 5.33. The lowest BCUT2D eigenvalue weighted by Gasteiger charge is -2.20. The first-order chi connectivity index (χ1) is 8.13. The summed E-state index contributed by atoms with van der Waals surface area (Å²) in [7, 11) is 2.10. The van der Waals surface area contributed by atoms with E-state index in [0.29, 0.717) is 5.92 Å². The van der Waals surface area contributed by atoms with Crippen molar-refractivity contribution in [2.24, 2.45) is 5.92 Å². The number of hydrogen-bond acceptors (Lipinski definition) is 1. The van der Waals surface area contributed by atoms with E-state index in [1.807, 2.05) is 0 Å². The lowest BCUT2D eigenvalue weighted by atomic mass is 10.0. The minimum Gasteiger partial charge on any atom is -0.351 e. The second kappa shape index (κ2) is 7.16. The molecular weight excluding hydrogens is 206 g/mol. The molecule has 0 fully saturated rings. The molecule has 1 heteroatoms. The zero-order chi connectivity index (χ0) is 12.7. The molecule has 0 saturated carbocycles. The molecule has 0 N–H and O–H groups in total. The third-order valence-corrected chi connectivity index (χ3v) is 2.96. The first-order valence-corrected chi connectivity index (χ1v) is 6.59. The topological polar surface area (TPSA) is 3.24 Å². The zero-order valence-corrected chi connectivity index (χ0v) is 11.6. The Morgan fingerprint density at radius 2 is 2.18 bits per heavy atom. The molecule has 1 aliphatic heterocycles. The summed E-state index contributed by atoms with van der Waals surface area (Å²) in [5, 5.41) is 0. The molecule has 17 heavy (non-hydrogen) atoms. The van der Waals surface area contributed by atoms with Gasteiger partial charge in [-0.05, 0) is 43.4 Å². The van der Waals surface area contributed by atoms with Crippen LogP contribution in [0.1, 0.15) is 40.0 Å². The number of unbranched alkanes of at least 4 members (excludes halogenated alkanes) is 1. The third kappa shape index (κ3) is 5.08. The quantitative estimate of drug-likeness (QED) is 0.622. The highest BCUT2D eigenvalue weighted by Gasteiger charge is 2.04. The lowest BCUT2D eigenvalue weighted by Crippen LogP contribution is -2.11. The average molecular weight is 231 g/mol. The summed E-state index contributed by atoms with van der Waals surface area (Å²) in [6, 6.07) is 0. The predicted molar refractivity (Wildman–Crippen MR) is 76.6 cm³/mol. The van der Waals surface area contributed by atoms with Crippen LogP contribution in [-0.4, -0.2) is 11.9 Å². The van der Waals surface area contributed by atoms with Gasteiger partial charge in [-0.25, -0.2) is 0 Å². The summed E-state index contributed by atoms with van der Waals surface area (Å²) >= 11 is 0. The molecule has 94 valence electrons. The summed E-state index contributed by atoms with van der Waals surface area (Å²) in [6.45, 7) is 6.63. The number of likely N-dealkylation sites (N-methyl/N-ethyl adjacent to an activating group) is 1. The van der Waals surface area contributed by atoms with Crippen LogP contribution in [-0.2, 0) is 0 Å². The normalized spacial score (nSPS) is 20.1. The fourth-order valence-corrected chi connectivity index (χ4v) is 1.78. The van der Waals surface area contributed by atoms with Crippen molar-refractivity contribution < 1.29 is 0 Å². The number of rotatable bonds is 5. The average Bonchev–Trinajstić information content (AvgIpc) is 2.31. The first kappa shape index (κ1) is 13.8. The van der Waals surface area contributed by atoms with Crippen molar-refractivity contribution in [1.29, 1.82) is 0 Å². The summed E-state index contributed by atoms with van der Waals surface area (Å²) in [5.41, 5.74) is 2.63. The predicted octanol–water partition coefficient (Wildman–Crippen LogP) is 4.66. The van der Waals surface area contributed by atoms with Gasteiger partial charge >= 0.3 is 0 Å². The van der Waals surface area contributed by atoms with E-state index in [1.165, 1.54) is 24.1 Å². The Morgan fingerprint density at radius 1 is 1.41 bits per heavy atom. The summed E-state index contributed by atoms with van der Waals surface area (Å²) in [4.78, 5) is 2.18. The van der Waals surface area contributed by atoms with Gasteiger partial charge in [0.2, 0.25) is 0 Å². The van der Waals surface area contributed by atoms with Crippen LogP contribution >= 0.6 is 0 Å². The molecule has 0 aromatic carbocycles. The van der Waals surface area contributed by atoms with E-state index in [0.717, 1.165) is 6.42 Å². The van der Waals surface area contributed by atoms with Gasteiger partial charge in [0.05, 0.1) is 0 Å². The minimum atomic E-state index is 0.627. The molecule has 0 spiro atoms. The van der Waals surface area contributed by atoms with E-state index in [9.17, 15) is 0 Å². The van der Waals surface area contributed by atoms with E-state index in [1.54, 1.807) is 0 Å². The Hall–Kier alpha value is -1.24. The second-order valence-corrected chi connectivity index (χ2v) is 4.87. The van der Waals surface area contributed by atoms with Gasteiger partial charge in [-0.2, -0.15) is 0 Å². The van der Waals surface area contributed by atoms with E-state index < -0.39 is 0 Å². The lowest BCUT2D eigenvalue weighted by molar-refractivity contribution is 0.572. The van der Waals surface area contributed by atoms with Crippen LogP contribution in [0, 0.1) is 5.92 Å². The van der Waals surface area contributed by atoms with Crippen molar-refractivity contribution in [3.63, 3.8) is 0 Å². The van der Waals surface area contributed by atoms with Crippen molar-refractivity contribution >= 4 is 0 Å². The van der Waals surface area contributed by atoms with E-state index in [-0.39, 0.29) is 0 Å². The number of hydrogen-bond donors (Lipinski definition) is 0. The van der Waals surface area contributed by atoms with Crippen molar-refractivity contribution in [2.45, 2.75) is 40.0 Å². The van der Waals surface area contributed by atoms with Gasteiger partial charge in [-0.15, -0.1) is 0 Å². The summed E-state index contributed by atoms with van der Waals surface area (Å²) in [6.07, 6.45) is 17.0. The Labute approximate surface area is 106 Å². The smallest absolute Gasteiger partial charge is 0.0365 e. The standard InChI is InChI=1S/C16H25N/c1-5-6-7-8-14(2)9-10-16-13-15(3)11-12-17(16)4/h7-8,10-14H,5-6,9H2,1-4H3/b8-7+,16-10+. The van der Waals surface area contributed by atoms with Crippen molar-refractivity contribution in [3.05, 3.63) is 47.9 Å². The van der Waals surface area contributed by atoms with Gasteiger partial charge in [0.15, 0.2) is 0 Å². The fraction of sp³-hybridized carbons (Fsp3) is 0.500. The van der Waals surface area contributed by atoms with Gasteiger partial charge in [0.25, 0.3) is 0 Å². The van der Waals surface area contributed by atoms with Crippen molar-refractivity contribution in [2.75, 3.05) is 7.05 Å². The number of nitrogens with zero attached hydrogens (tertiary/aromatic N) is 1. The van der Waals surface area contributed by atoms with E-state index in [4.69, 9.17) is 0 Å². The van der Waals surface area contributed by atoms with Gasteiger partial charge in [0, 0.05) is 18.9 Å². The van der Waals surface area contributed by atoms with Gasteiger partial charge in [-0.3, -0.25) is 0 Å². The molecule has 1 atom stereocenters. The molecule has 1 aliphatic rings. The maximum absolute atomic E-state index is 2.33. The number of allylic oxidation sites excluding steroid dienone is 6. The maximum atomic E-state index is 2.33. The van der Waals surface area contributed by atoms with Crippen molar-refractivity contribution in [1.82, 2.24) is 4.90 Å². The molecule has 0 aromatic heterocycles. The SMILES string of the molecule is CCC/C=C/C(C)C/C=C1\C=C(C)C=CN1C. The van der Waals surface area contributed by atoms with E-state index >= 15 is 0 Å². The molecule has 0 bridgehead atoms. The Morgan fingerprint density at radius 3 is 2.88 bits per heavy atom. The second-order valence-electron chi connectivity index (χ2n) is 4.87. The summed E-state index contributed by atoms with van der Waals surface area (Å²) < 4.78 is 0. The molecule has 1 unspecified atom stereocenters. The molecule has 0 aromatic rings. The summed E-state index contributed by atoms with van der Waals surface area (Å²) in [5.74, 6) is 0.627. The highest BCUT2D eigenvalue weighted by atomic mass is 15.1. The Kier molecular flexibility index (Phi) is 5.82.